The number of hydrogen-bond acceptors (Lipinski definition) is 3. The van der Waals surface area contributed by atoms with Crippen molar-refractivity contribution in [1.29, 1.82) is 0 Å². The van der Waals surface area contributed by atoms with E-state index in [1.165, 1.54) is 11.3 Å². The second-order valence-corrected chi connectivity index (χ2v) is 5.74. The summed E-state index contributed by atoms with van der Waals surface area (Å²) in [7, 11) is 0. The van der Waals surface area contributed by atoms with Gasteiger partial charge in [0.15, 0.2) is 4.96 Å². The number of fused-ring (bicyclic) bond motifs is 1. The van der Waals surface area contributed by atoms with Gasteiger partial charge in [-0.2, -0.15) is 0 Å². The van der Waals surface area contributed by atoms with Crippen LogP contribution in [0.1, 0.15) is 21.7 Å². The lowest BCUT2D eigenvalue weighted by Gasteiger charge is -2.03. The molecule has 102 valence electrons. The van der Waals surface area contributed by atoms with Gasteiger partial charge in [0.1, 0.15) is 5.69 Å². The predicted molar refractivity (Wildman–Crippen MR) is 80.4 cm³/mol. The normalized spacial score (nSPS) is 10.9. The molecule has 0 radical (unpaired) electrons. The number of nitrogens with zero attached hydrogens (tertiary/aromatic N) is 2. The molecule has 2 heterocycles. The van der Waals surface area contributed by atoms with E-state index >= 15 is 0 Å². The molecule has 1 aromatic carbocycles. The van der Waals surface area contributed by atoms with Crippen molar-refractivity contribution < 1.29 is 4.79 Å². The largest absolute Gasteiger partial charge is 0.347 e. The van der Waals surface area contributed by atoms with E-state index in [2.05, 4.69) is 10.3 Å². The Labute approximate surface area is 125 Å². The summed E-state index contributed by atoms with van der Waals surface area (Å²) in [5.41, 5.74) is 2.52. The van der Waals surface area contributed by atoms with E-state index in [1.54, 1.807) is 18.3 Å². The van der Waals surface area contributed by atoms with Crippen LogP contribution in [0.25, 0.3) is 4.96 Å². The molecule has 0 fully saturated rings. The molecule has 0 unspecified atom stereocenters. The number of benzene rings is 1. The Balaban J connectivity index is 1.71. The molecule has 0 aliphatic carbocycles. The topological polar surface area (TPSA) is 46.4 Å². The molecule has 0 saturated carbocycles. The highest BCUT2D eigenvalue weighted by molar-refractivity contribution is 7.15. The molecular formula is C14H12ClN3OS. The third-order valence-corrected chi connectivity index (χ3v) is 4.20. The second-order valence-electron chi connectivity index (χ2n) is 4.46. The zero-order valence-electron chi connectivity index (χ0n) is 10.8. The molecule has 1 amide bonds. The number of halogens is 1. The van der Waals surface area contributed by atoms with E-state index in [0.717, 1.165) is 16.2 Å². The summed E-state index contributed by atoms with van der Waals surface area (Å²) in [4.78, 5) is 17.2. The fourth-order valence-corrected chi connectivity index (χ4v) is 2.86. The predicted octanol–water partition coefficient (Wildman–Crippen LogP) is 3.29. The summed E-state index contributed by atoms with van der Waals surface area (Å²) in [5.74, 6) is -0.171. The van der Waals surface area contributed by atoms with Crippen LogP contribution in [0, 0.1) is 6.92 Å². The molecule has 0 atom stereocenters. The maximum Gasteiger partial charge on any atom is 0.271 e. The number of nitrogens with one attached hydrogen (secondary N) is 1. The van der Waals surface area contributed by atoms with Crippen LogP contribution in [0.3, 0.4) is 0 Å². The quantitative estimate of drug-likeness (QED) is 0.807. The molecule has 0 saturated heterocycles. The molecule has 0 spiro atoms. The lowest BCUT2D eigenvalue weighted by Crippen LogP contribution is -2.23. The standard InChI is InChI=1S/C14H12ClN3OS/c1-9-8-20-14-17-12(7-18(9)14)13(19)16-6-10-2-4-11(15)5-3-10/h2-5,7-8H,6H2,1H3,(H,16,19). The minimum absolute atomic E-state index is 0.171. The first-order valence-electron chi connectivity index (χ1n) is 6.09. The van der Waals surface area contributed by atoms with E-state index in [0.29, 0.717) is 17.3 Å². The molecule has 0 aliphatic rings. The van der Waals surface area contributed by atoms with Gasteiger partial charge in [0, 0.05) is 28.8 Å². The van der Waals surface area contributed by atoms with Crippen LogP contribution in [0.4, 0.5) is 0 Å². The fraction of sp³-hybridized carbons (Fsp3) is 0.143. The Bertz CT molecular complexity index is 760. The van der Waals surface area contributed by atoms with E-state index in [-0.39, 0.29) is 5.91 Å². The highest BCUT2D eigenvalue weighted by Gasteiger charge is 2.12. The van der Waals surface area contributed by atoms with E-state index < -0.39 is 0 Å². The zero-order valence-corrected chi connectivity index (χ0v) is 12.3. The molecular weight excluding hydrogens is 294 g/mol. The lowest BCUT2D eigenvalue weighted by molar-refractivity contribution is 0.0946. The average molecular weight is 306 g/mol. The SMILES string of the molecule is Cc1csc2nc(C(=O)NCc3ccc(Cl)cc3)cn12. The number of carbonyl (C=O) groups excluding carboxylic acids is 1. The molecule has 0 aliphatic heterocycles. The molecule has 3 rings (SSSR count). The van der Waals surface area contributed by atoms with Gasteiger partial charge < -0.3 is 5.32 Å². The highest BCUT2D eigenvalue weighted by atomic mass is 35.5. The molecule has 0 bridgehead atoms. The van der Waals surface area contributed by atoms with Gasteiger partial charge in [0.25, 0.3) is 5.91 Å². The maximum atomic E-state index is 12.1. The van der Waals surface area contributed by atoms with Crippen LogP contribution < -0.4 is 5.32 Å². The van der Waals surface area contributed by atoms with E-state index in [9.17, 15) is 4.79 Å². The van der Waals surface area contributed by atoms with Gasteiger partial charge in [0.05, 0.1) is 0 Å². The smallest absolute Gasteiger partial charge is 0.271 e. The Kier molecular flexibility index (Phi) is 3.46. The monoisotopic (exact) mass is 305 g/mol. The first-order chi connectivity index (χ1) is 9.63. The number of amides is 1. The van der Waals surface area contributed by atoms with Gasteiger partial charge in [-0.25, -0.2) is 4.98 Å². The van der Waals surface area contributed by atoms with Crippen molar-refractivity contribution in [3.63, 3.8) is 0 Å². The van der Waals surface area contributed by atoms with Crippen molar-refractivity contribution in [3.8, 4) is 0 Å². The molecule has 1 N–H and O–H groups in total. The number of thiazole rings is 1. The maximum absolute atomic E-state index is 12.1. The number of hydrogen-bond donors (Lipinski definition) is 1. The Morgan fingerprint density at radius 1 is 1.40 bits per heavy atom. The molecule has 20 heavy (non-hydrogen) atoms. The Morgan fingerprint density at radius 3 is 2.85 bits per heavy atom. The van der Waals surface area contributed by atoms with Gasteiger partial charge in [0.2, 0.25) is 0 Å². The van der Waals surface area contributed by atoms with Crippen LogP contribution in [0.15, 0.2) is 35.8 Å². The number of aromatic nitrogens is 2. The minimum Gasteiger partial charge on any atom is -0.347 e. The van der Waals surface area contributed by atoms with Gasteiger partial charge in [-0.1, -0.05) is 23.7 Å². The fourth-order valence-electron chi connectivity index (χ4n) is 1.88. The summed E-state index contributed by atoms with van der Waals surface area (Å²) < 4.78 is 1.92. The van der Waals surface area contributed by atoms with Crippen molar-refractivity contribution in [2.24, 2.45) is 0 Å². The van der Waals surface area contributed by atoms with Gasteiger partial charge >= 0.3 is 0 Å². The van der Waals surface area contributed by atoms with E-state index in [1.807, 2.05) is 28.8 Å². The first kappa shape index (κ1) is 13.1. The van der Waals surface area contributed by atoms with Crippen molar-refractivity contribution in [3.05, 3.63) is 57.8 Å². The number of rotatable bonds is 3. The molecule has 2 aromatic heterocycles. The van der Waals surface area contributed by atoms with Gasteiger partial charge in [-0.3, -0.25) is 9.20 Å². The summed E-state index contributed by atoms with van der Waals surface area (Å²) in [6.45, 7) is 2.45. The number of carbonyl (C=O) groups is 1. The van der Waals surface area contributed by atoms with Crippen LogP contribution >= 0.6 is 22.9 Å². The number of aryl methyl sites for hydroxylation is 1. The van der Waals surface area contributed by atoms with Crippen LogP contribution in [0.5, 0.6) is 0 Å². The van der Waals surface area contributed by atoms with Crippen molar-refractivity contribution in [2.45, 2.75) is 13.5 Å². The Hall–Kier alpha value is -1.85. The second kappa shape index (κ2) is 5.26. The minimum atomic E-state index is -0.171. The number of imidazole rings is 1. The summed E-state index contributed by atoms with van der Waals surface area (Å²) >= 11 is 7.34. The average Bonchev–Trinajstić information content (AvgIpc) is 3.01. The summed E-state index contributed by atoms with van der Waals surface area (Å²) in [6.07, 6.45) is 1.76. The summed E-state index contributed by atoms with van der Waals surface area (Å²) in [5, 5.41) is 5.55. The van der Waals surface area contributed by atoms with Crippen LogP contribution in [-0.4, -0.2) is 15.3 Å². The third-order valence-electron chi connectivity index (χ3n) is 2.99. The molecule has 4 nitrogen and oxygen atoms in total. The van der Waals surface area contributed by atoms with Crippen LogP contribution in [-0.2, 0) is 6.54 Å². The lowest BCUT2D eigenvalue weighted by atomic mass is 10.2. The van der Waals surface area contributed by atoms with Gasteiger partial charge in [-0.05, 0) is 24.6 Å². The Morgan fingerprint density at radius 2 is 2.15 bits per heavy atom. The zero-order chi connectivity index (χ0) is 14.1. The molecule has 6 heteroatoms. The van der Waals surface area contributed by atoms with Crippen LogP contribution in [0.2, 0.25) is 5.02 Å². The van der Waals surface area contributed by atoms with Gasteiger partial charge in [-0.15, -0.1) is 11.3 Å². The highest BCUT2D eigenvalue weighted by Crippen LogP contribution is 2.16. The van der Waals surface area contributed by atoms with Crippen molar-refractivity contribution >= 4 is 33.8 Å². The molecule has 3 aromatic rings. The van der Waals surface area contributed by atoms with Crippen molar-refractivity contribution in [1.82, 2.24) is 14.7 Å². The summed E-state index contributed by atoms with van der Waals surface area (Å²) in [6, 6.07) is 7.38. The van der Waals surface area contributed by atoms with E-state index in [4.69, 9.17) is 11.6 Å². The van der Waals surface area contributed by atoms with Crippen molar-refractivity contribution in [2.75, 3.05) is 0 Å². The first-order valence-corrected chi connectivity index (χ1v) is 7.35. The third kappa shape index (κ3) is 2.55.